The van der Waals surface area contributed by atoms with Crippen LogP contribution in [0.25, 0.3) is 11.7 Å². The first-order chi connectivity index (χ1) is 14.6. The van der Waals surface area contributed by atoms with E-state index in [-0.39, 0.29) is 18.9 Å². The minimum absolute atomic E-state index is 0.0128. The van der Waals surface area contributed by atoms with Gasteiger partial charge in [0.05, 0.1) is 19.2 Å². The first kappa shape index (κ1) is 18.2. The molecule has 1 atom stereocenters. The molecule has 2 fully saturated rings. The third kappa shape index (κ3) is 3.36. The Morgan fingerprint density at radius 1 is 1.20 bits per heavy atom. The number of imide groups is 1. The van der Waals surface area contributed by atoms with Gasteiger partial charge < -0.3 is 10.2 Å². The summed E-state index contributed by atoms with van der Waals surface area (Å²) in [4.78, 5) is 34.4. The van der Waals surface area contributed by atoms with Gasteiger partial charge in [-0.2, -0.15) is 19.6 Å². The van der Waals surface area contributed by atoms with Gasteiger partial charge in [-0.25, -0.2) is 4.39 Å². The molecule has 3 aromatic rings. The van der Waals surface area contributed by atoms with Crippen molar-refractivity contribution in [3.63, 3.8) is 0 Å². The number of para-hydroxylation sites is 1. The van der Waals surface area contributed by atoms with Crippen molar-refractivity contribution in [3.05, 3.63) is 47.7 Å². The maximum atomic E-state index is 13.8. The van der Waals surface area contributed by atoms with Crippen LogP contribution in [0.3, 0.4) is 0 Å². The van der Waals surface area contributed by atoms with Crippen molar-refractivity contribution in [1.82, 2.24) is 24.9 Å². The zero-order valence-electron chi connectivity index (χ0n) is 15.9. The van der Waals surface area contributed by atoms with Crippen LogP contribution in [0.1, 0.15) is 18.4 Å². The fraction of sp³-hybridized carbons (Fsp3) is 0.250. The van der Waals surface area contributed by atoms with E-state index in [1.54, 1.807) is 17.2 Å². The van der Waals surface area contributed by atoms with Gasteiger partial charge in [-0.15, -0.1) is 0 Å². The van der Waals surface area contributed by atoms with Gasteiger partial charge in [0.15, 0.2) is 5.65 Å². The molecule has 0 radical (unpaired) electrons. The number of anilines is 3. The molecular formula is C20H18FN7O2. The lowest BCUT2D eigenvalue weighted by molar-refractivity contribution is -0.124. The summed E-state index contributed by atoms with van der Waals surface area (Å²) in [6.07, 6.45) is 2.69. The molecule has 2 aliphatic heterocycles. The number of carbonyl (C=O) groups is 2. The number of rotatable bonds is 4. The molecule has 0 spiro atoms. The second-order valence-corrected chi connectivity index (χ2v) is 7.23. The van der Waals surface area contributed by atoms with E-state index in [9.17, 15) is 14.0 Å². The lowest BCUT2D eigenvalue weighted by atomic mass is 10.1. The lowest BCUT2D eigenvalue weighted by Gasteiger charge is -2.17. The normalized spacial score (nSPS) is 20.4. The first-order valence-corrected chi connectivity index (χ1v) is 9.58. The van der Waals surface area contributed by atoms with Crippen LogP contribution in [0.5, 0.6) is 0 Å². The number of nitrogens with one attached hydrogen (secondary N) is 2. The maximum Gasteiger partial charge on any atom is 0.254 e. The Morgan fingerprint density at radius 3 is 2.73 bits per heavy atom. The second-order valence-electron chi connectivity index (χ2n) is 7.23. The topological polar surface area (TPSA) is 105 Å². The van der Waals surface area contributed by atoms with E-state index in [0.717, 1.165) is 5.69 Å². The minimum atomic E-state index is -0.921. The number of aromatic nitrogens is 4. The van der Waals surface area contributed by atoms with Crippen LogP contribution in [-0.4, -0.2) is 50.7 Å². The molecule has 152 valence electrons. The number of amides is 2. The molecule has 30 heavy (non-hydrogen) atoms. The smallest absolute Gasteiger partial charge is 0.254 e. The highest BCUT2D eigenvalue weighted by atomic mass is 19.1. The average Bonchev–Trinajstić information content (AvgIpc) is 3.42. The lowest BCUT2D eigenvalue weighted by Crippen LogP contribution is -2.23. The molecule has 0 bridgehead atoms. The molecule has 2 amide bonds. The third-order valence-electron chi connectivity index (χ3n) is 5.05. The predicted molar refractivity (Wildman–Crippen MR) is 108 cm³/mol. The summed E-state index contributed by atoms with van der Waals surface area (Å²) in [5.74, 6) is 0.0416. The van der Waals surface area contributed by atoms with Crippen molar-refractivity contribution in [3.8, 4) is 0 Å². The molecule has 2 N–H and O–H groups in total. The van der Waals surface area contributed by atoms with Gasteiger partial charge in [-0.3, -0.25) is 14.9 Å². The van der Waals surface area contributed by atoms with Crippen LogP contribution in [0.2, 0.25) is 0 Å². The Morgan fingerprint density at radius 2 is 2.03 bits per heavy atom. The number of nitrogens with zero attached hydrogens (tertiary/aromatic N) is 5. The van der Waals surface area contributed by atoms with Crippen LogP contribution < -0.4 is 15.5 Å². The van der Waals surface area contributed by atoms with E-state index in [1.807, 2.05) is 30.3 Å². The Labute approximate surface area is 170 Å². The van der Waals surface area contributed by atoms with Crippen molar-refractivity contribution >= 4 is 41.1 Å². The highest BCUT2D eigenvalue weighted by molar-refractivity contribution is 6.15. The largest absolute Gasteiger partial charge is 0.338 e. The highest BCUT2D eigenvalue weighted by Crippen LogP contribution is 2.25. The third-order valence-corrected chi connectivity index (χ3v) is 5.05. The summed E-state index contributed by atoms with van der Waals surface area (Å²) in [6, 6.07) is 9.47. The molecule has 0 saturated carbocycles. The number of hydrogen-bond donors (Lipinski definition) is 2. The summed E-state index contributed by atoms with van der Waals surface area (Å²) in [7, 11) is 0. The first-order valence-electron chi connectivity index (χ1n) is 9.58. The summed E-state index contributed by atoms with van der Waals surface area (Å²) >= 11 is 0. The zero-order chi connectivity index (χ0) is 20.7. The molecular weight excluding hydrogens is 389 g/mol. The van der Waals surface area contributed by atoms with Crippen LogP contribution >= 0.6 is 0 Å². The highest BCUT2D eigenvalue weighted by Gasteiger charge is 2.27. The molecule has 0 aliphatic carbocycles. The minimum Gasteiger partial charge on any atom is -0.338 e. The Bertz CT molecular complexity index is 1170. The molecule has 9 nitrogen and oxygen atoms in total. The van der Waals surface area contributed by atoms with Gasteiger partial charge in [0.1, 0.15) is 6.17 Å². The molecule has 4 heterocycles. The van der Waals surface area contributed by atoms with E-state index in [1.165, 1.54) is 4.52 Å². The second kappa shape index (κ2) is 7.21. The predicted octanol–water partition coefficient (Wildman–Crippen LogP) is 1.85. The van der Waals surface area contributed by atoms with Gasteiger partial charge in [-0.05, 0) is 24.6 Å². The van der Waals surface area contributed by atoms with E-state index < -0.39 is 12.1 Å². The van der Waals surface area contributed by atoms with Crippen molar-refractivity contribution in [1.29, 1.82) is 0 Å². The van der Waals surface area contributed by atoms with Gasteiger partial charge in [-0.1, -0.05) is 18.2 Å². The van der Waals surface area contributed by atoms with Crippen molar-refractivity contribution in [2.24, 2.45) is 0 Å². The number of hydrogen-bond acceptors (Lipinski definition) is 7. The van der Waals surface area contributed by atoms with Gasteiger partial charge >= 0.3 is 0 Å². The quantitative estimate of drug-likeness (QED) is 0.502. The SMILES string of the molecule is O=C1CC(=Cc2cnn3c(Nc4ccccc4)nc(N4CCC(F)C4)nc23)C(=O)N1. The Hall–Kier alpha value is -3.82. The summed E-state index contributed by atoms with van der Waals surface area (Å²) in [5, 5.41) is 9.84. The van der Waals surface area contributed by atoms with E-state index in [0.29, 0.717) is 41.6 Å². The molecule has 10 heteroatoms. The number of benzene rings is 1. The number of fused-ring (bicyclic) bond motifs is 1. The summed E-state index contributed by atoms with van der Waals surface area (Å²) in [5.41, 5.74) is 2.19. The molecule has 2 saturated heterocycles. The van der Waals surface area contributed by atoms with Crippen LogP contribution in [-0.2, 0) is 9.59 Å². The Balaban J connectivity index is 1.61. The van der Waals surface area contributed by atoms with E-state index in [4.69, 9.17) is 0 Å². The zero-order valence-corrected chi connectivity index (χ0v) is 15.9. The summed E-state index contributed by atoms with van der Waals surface area (Å²) < 4.78 is 15.3. The number of halogens is 1. The molecule has 2 aromatic heterocycles. The maximum absolute atomic E-state index is 13.8. The van der Waals surface area contributed by atoms with Gasteiger partial charge in [0.25, 0.3) is 5.91 Å². The van der Waals surface area contributed by atoms with E-state index >= 15 is 0 Å². The van der Waals surface area contributed by atoms with Crippen molar-refractivity contribution in [2.75, 3.05) is 23.3 Å². The molecule has 1 unspecified atom stereocenters. The molecule has 1 aromatic carbocycles. The number of alkyl halides is 1. The average molecular weight is 407 g/mol. The van der Waals surface area contributed by atoms with Gasteiger partial charge in [0, 0.05) is 23.4 Å². The van der Waals surface area contributed by atoms with Crippen LogP contribution in [0.4, 0.5) is 22.0 Å². The Kier molecular flexibility index (Phi) is 4.38. The summed E-state index contributed by atoms with van der Waals surface area (Å²) in [6.45, 7) is 0.742. The van der Waals surface area contributed by atoms with Crippen molar-refractivity contribution < 1.29 is 14.0 Å². The fourth-order valence-corrected chi connectivity index (χ4v) is 3.57. The van der Waals surface area contributed by atoms with E-state index in [2.05, 4.69) is 25.7 Å². The van der Waals surface area contributed by atoms with Crippen LogP contribution in [0, 0.1) is 0 Å². The molecule has 5 rings (SSSR count). The van der Waals surface area contributed by atoms with Crippen LogP contribution in [0.15, 0.2) is 42.1 Å². The van der Waals surface area contributed by atoms with Crippen molar-refractivity contribution in [2.45, 2.75) is 19.0 Å². The monoisotopic (exact) mass is 407 g/mol. The standard InChI is InChI=1S/C20H18FN7O2/c21-14-6-7-27(11-14)19-25-17-13(8-12-9-16(29)24-18(12)30)10-22-28(17)20(26-19)23-15-4-2-1-3-5-15/h1-5,8,10,14H,6-7,9,11H2,(H,23,25,26)(H,24,29,30). The number of carbonyl (C=O) groups excluding carboxylic acids is 2. The van der Waals surface area contributed by atoms with Gasteiger partial charge in [0.2, 0.25) is 17.8 Å². The molecule has 2 aliphatic rings. The fourth-order valence-electron chi connectivity index (χ4n) is 3.57.